The number of anilines is 3. The van der Waals surface area contributed by atoms with E-state index < -0.39 is 0 Å². The van der Waals surface area contributed by atoms with Gasteiger partial charge in [0.05, 0.1) is 17.3 Å². The highest BCUT2D eigenvalue weighted by Gasteiger charge is 2.16. The van der Waals surface area contributed by atoms with Gasteiger partial charge in [0.1, 0.15) is 5.76 Å². The molecule has 0 radical (unpaired) electrons. The third-order valence-corrected chi connectivity index (χ3v) is 6.03. The van der Waals surface area contributed by atoms with Gasteiger partial charge in [0.2, 0.25) is 0 Å². The van der Waals surface area contributed by atoms with Gasteiger partial charge in [-0.3, -0.25) is 0 Å². The smallest absolute Gasteiger partial charge is 0.265 e. The molecule has 5 aromatic rings. The normalized spacial score (nSPS) is 11.4. The topological polar surface area (TPSA) is 44.5 Å². The zero-order chi connectivity index (χ0) is 21.2. The Morgan fingerprint density at radius 2 is 1.58 bits per heavy atom. The summed E-state index contributed by atoms with van der Waals surface area (Å²) >= 11 is 1.64. The number of benzene rings is 3. The Hall–Kier alpha value is -4.32. The van der Waals surface area contributed by atoms with Crippen molar-refractivity contribution >= 4 is 54.8 Å². The van der Waals surface area contributed by atoms with Crippen molar-refractivity contribution in [2.75, 3.05) is 4.90 Å². The second-order valence-corrected chi connectivity index (χ2v) is 7.97. The lowest BCUT2D eigenvalue weighted by molar-refractivity contribution is 0.607. The van der Waals surface area contributed by atoms with Gasteiger partial charge in [-0.2, -0.15) is 0 Å². The molecule has 0 aliphatic carbocycles. The third-order valence-electron chi connectivity index (χ3n) is 4.95. The fourth-order valence-corrected chi connectivity index (χ4v) is 4.70. The molecule has 0 aliphatic heterocycles. The number of furan rings is 1. The number of thiophene rings is 1. The Morgan fingerprint density at radius 1 is 0.903 bits per heavy atom. The van der Waals surface area contributed by atoms with E-state index in [-0.39, 0.29) is 5.70 Å². The van der Waals surface area contributed by atoms with E-state index in [2.05, 4.69) is 52.2 Å². The molecule has 0 aliphatic rings. The number of hydrogen-bond donors (Lipinski definition) is 0. The van der Waals surface area contributed by atoms with Gasteiger partial charge in [-0.25, -0.2) is 10.1 Å². The van der Waals surface area contributed by atoms with E-state index in [0.29, 0.717) is 5.76 Å². The predicted molar refractivity (Wildman–Crippen MR) is 126 cm³/mol. The molecule has 4 nitrogen and oxygen atoms in total. The first kappa shape index (κ1) is 18.7. The van der Waals surface area contributed by atoms with Crippen molar-refractivity contribution < 1.29 is 4.42 Å². The number of nitriles is 1. The van der Waals surface area contributed by atoms with Gasteiger partial charge in [-0.1, -0.05) is 36.4 Å². The van der Waals surface area contributed by atoms with Crippen LogP contribution in [-0.2, 0) is 0 Å². The molecule has 5 heteroatoms. The first-order valence-electron chi connectivity index (χ1n) is 9.62. The molecule has 0 saturated heterocycles. The molecule has 0 fully saturated rings. The van der Waals surface area contributed by atoms with Crippen molar-refractivity contribution in [2.24, 2.45) is 0 Å². The molecule has 2 heterocycles. The van der Waals surface area contributed by atoms with Gasteiger partial charge in [-0.05, 0) is 48.5 Å². The maximum atomic E-state index is 8.98. The van der Waals surface area contributed by atoms with Gasteiger partial charge in [0.15, 0.2) is 5.58 Å². The van der Waals surface area contributed by atoms with Crippen LogP contribution in [-0.4, -0.2) is 0 Å². The molecule has 31 heavy (non-hydrogen) atoms. The van der Waals surface area contributed by atoms with E-state index in [1.807, 2.05) is 48.5 Å². The number of para-hydroxylation sites is 2. The Balaban J connectivity index is 1.62. The standard InChI is InChI=1S/C26H15N3OS/c1-28-18(17-27)14-22-16-25-26(30-22)23-13-12-21(15-24(23)31-25)29(19-8-4-2-5-9-19)20-10-6-3-7-11-20/h2-16H/b18-14-. The number of rotatable bonds is 4. The maximum Gasteiger partial charge on any atom is 0.265 e. The van der Waals surface area contributed by atoms with Crippen molar-refractivity contribution in [3.63, 3.8) is 0 Å². The molecular weight excluding hydrogens is 402 g/mol. The van der Waals surface area contributed by atoms with Gasteiger partial charge >= 0.3 is 0 Å². The second-order valence-electron chi connectivity index (χ2n) is 6.88. The summed E-state index contributed by atoms with van der Waals surface area (Å²) in [4.78, 5) is 5.42. The first-order valence-corrected chi connectivity index (χ1v) is 10.4. The van der Waals surface area contributed by atoms with E-state index in [9.17, 15) is 0 Å². The Labute approximate surface area is 183 Å². The van der Waals surface area contributed by atoms with E-state index >= 15 is 0 Å². The molecule has 146 valence electrons. The zero-order valence-electron chi connectivity index (χ0n) is 16.3. The first-order chi connectivity index (χ1) is 15.3. The lowest BCUT2D eigenvalue weighted by Gasteiger charge is -2.25. The fourth-order valence-electron chi connectivity index (χ4n) is 3.59. The van der Waals surface area contributed by atoms with E-state index in [0.717, 1.165) is 37.4 Å². The summed E-state index contributed by atoms with van der Waals surface area (Å²) < 4.78 is 8.06. The molecule has 0 unspecified atom stereocenters. The monoisotopic (exact) mass is 417 g/mol. The molecule has 3 aromatic carbocycles. The fraction of sp³-hybridized carbons (Fsp3) is 0. The van der Waals surface area contributed by atoms with Crippen molar-refractivity contribution in [1.29, 1.82) is 5.26 Å². The molecule has 0 N–H and O–H groups in total. The summed E-state index contributed by atoms with van der Waals surface area (Å²) in [6, 6.07) is 30.7. The van der Waals surface area contributed by atoms with Crippen LogP contribution in [0.2, 0.25) is 0 Å². The van der Waals surface area contributed by atoms with Crippen LogP contribution in [0.1, 0.15) is 5.76 Å². The molecule has 0 saturated carbocycles. The third kappa shape index (κ3) is 3.44. The molecule has 2 aromatic heterocycles. The minimum atomic E-state index is 0.00867. The summed E-state index contributed by atoms with van der Waals surface area (Å²) in [5.41, 5.74) is 4.03. The van der Waals surface area contributed by atoms with Crippen LogP contribution in [0.15, 0.2) is 95.0 Å². The van der Waals surface area contributed by atoms with E-state index in [4.69, 9.17) is 16.3 Å². The lowest BCUT2D eigenvalue weighted by atomic mass is 10.1. The van der Waals surface area contributed by atoms with Crippen molar-refractivity contribution in [3.05, 3.63) is 108 Å². The van der Waals surface area contributed by atoms with Crippen molar-refractivity contribution in [2.45, 2.75) is 0 Å². The SMILES string of the molecule is [C-]#[N+]/C(C#N)=C\c1cc2sc3cc(N(c4ccccc4)c4ccccc4)ccc3c2o1. The predicted octanol–water partition coefficient (Wildman–Crippen LogP) is 7.90. The Bertz CT molecular complexity index is 1440. The molecule has 0 spiro atoms. The summed E-state index contributed by atoms with van der Waals surface area (Å²) in [5, 5.41) is 10.00. The van der Waals surface area contributed by atoms with Crippen molar-refractivity contribution in [1.82, 2.24) is 0 Å². The zero-order valence-corrected chi connectivity index (χ0v) is 17.1. The van der Waals surface area contributed by atoms with Gasteiger partial charge in [-0.15, -0.1) is 11.3 Å². The lowest BCUT2D eigenvalue weighted by Crippen LogP contribution is -2.09. The van der Waals surface area contributed by atoms with Crippen LogP contribution in [0.3, 0.4) is 0 Å². The van der Waals surface area contributed by atoms with Crippen molar-refractivity contribution in [3.8, 4) is 6.07 Å². The second kappa shape index (κ2) is 7.84. The molecule has 5 rings (SSSR count). The maximum absolute atomic E-state index is 8.98. The van der Waals surface area contributed by atoms with Gasteiger partial charge < -0.3 is 9.32 Å². The summed E-state index contributed by atoms with van der Waals surface area (Å²) in [5.74, 6) is 0.523. The minimum absolute atomic E-state index is 0.00867. The van der Waals surface area contributed by atoms with Crippen LogP contribution in [0.5, 0.6) is 0 Å². The highest BCUT2D eigenvalue weighted by atomic mass is 32.1. The Kier molecular flexibility index (Phi) is 4.72. The largest absolute Gasteiger partial charge is 0.456 e. The van der Waals surface area contributed by atoms with E-state index in [1.54, 1.807) is 11.3 Å². The average Bonchev–Trinajstić information content (AvgIpc) is 3.36. The minimum Gasteiger partial charge on any atom is -0.456 e. The van der Waals surface area contributed by atoms with Gasteiger partial charge in [0, 0.05) is 33.2 Å². The number of allylic oxidation sites excluding steroid dienone is 1. The molecule has 0 atom stereocenters. The van der Waals surface area contributed by atoms with Crippen LogP contribution >= 0.6 is 11.3 Å². The summed E-state index contributed by atoms with van der Waals surface area (Å²) in [6.45, 7) is 7.03. The molecular formula is C26H15N3OS. The average molecular weight is 417 g/mol. The number of fused-ring (bicyclic) bond motifs is 3. The quantitative estimate of drug-likeness (QED) is 0.220. The number of nitrogens with zero attached hydrogens (tertiary/aromatic N) is 3. The summed E-state index contributed by atoms with van der Waals surface area (Å²) in [7, 11) is 0. The van der Waals surface area contributed by atoms with Crippen LogP contribution < -0.4 is 4.90 Å². The van der Waals surface area contributed by atoms with Crippen LogP contribution in [0, 0.1) is 17.9 Å². The van der Waals surface area contributed by atoms with Crippen LogP contribution in [0.4, 0.5) is 17.1 Å². The van der Waals surface area contributed by atoms with Gasteiger partial charge in [0.25, 0.3) is 5.70 Å². The highest BCUT2D eigenvalue weighted by molar-refractivity contribution is 7.25. The molecule has 0 bridgehead atoms. The highest BCUT2D eigenvalue weighted by Crippen LogP contribution is 2.41. The number of hydrogen-bond acceptors (Lipinski definition) is 4. The molecule has 0 amide bonds. The van der Waals surface area contributed by atoms with E-state index in [1.165, 1.54) is 6.08 Å². The van der Waals surface area contributed by atoms with Crippen LogP contribution in [0.25, 0.3) is 31.3 Å². The summed E-state index contributed by atoms with van der Waals surface area (Å²) in [6.07, 6.45) is 1.48. The Morgan fingerprint density at radius 3 is 2.19 bits per heavy atom.